The Kier molecular flexibility index (Phi) is 3.97. The van der Waals surface area contributed by atoms with Gasteiger partial charge in [-0.05, 0) is 25.1 Å². The molecule has 0 radical (unpaired) electrons. The Morgan fingerprint density at radius 1 is 1.25 bits per heavy atom. The Balaban J connectivity index is 1.95. The molecule has 0 amide bonds. The van der Waals surface area contributed by atoms with Crippen molar-refractivity contribution in [2.75, 3.05) is 20.1 Å². The fraction of sp³-hybridized carbons (Fsp3) is 0.571. The Morgan fingerprint density at radius 3 is 2.69 bits per heavy atom. The molecule has 1 heterocycles. The number of rotatable bonds is 4. The van der Waals surface area contributed by atoms with Crippen molar-refractivity contribution in [2.45, 2.75) is 25.9 Å². The van der Waals surface area contributed by atoms with E-state index in [-0.39, 0.29) is 0 Å². The van der Waals surface area contributed by atoms with Crippen LogP contribution in [0.2, 0.25) is 0 Å². The summed E-state index contributed by atoms with van der Waals surface area (Å²) in [4.78, 5) is 2.49. The van der Waals surface area contributed by atoms with Gasteiger partial charge in [-0.25, -0.2) is 0 Å². The number of benzene rings is 1. The van der Waals surface area contributed by atoms with Crippen molar-refractivity contribution in [1.82, 2.24) is 10.2 Å². The first-order valence-electron chi connectivity index (χ1n) is 6.26. The van der Waals surface area contributed by atoms with Crippen LogP contribution in [0.4, 0.5) is 0 Å². The third-order valence-electron chi connectivity index (χ3n) is 3.67. The van der Waals surface area contributed by atoms with Crippen LogP contribution in [0.15, 0.2) is 30.3 Å². The lowest BCUT2D eigenvalue weighted by Gasteiger charge is -2.28. The molecule has 1 fully saturated rings. The van der Waals surface area contributed by atoms with E-state index in [1.807, 2.05) is 0 Å². The van der Waals surface area contributed by atoms with E-state index in [1.54, 1.807) is 0 Å². The zero-order valence-electron chi connectivity index (χ0n) is 10.3. The Bertz CT molecular complexity index is 310. The van der Waals surface area contributed by atoms with E-state index in [9.17, 15) is 0 Å². The van der Waals surface area contributed by atoms with Crippen molar-refractivity contribution in [3.63, 3.8) is 0 Å². The van der Waals surface area contributed by atoms with Crippen LogP contribution in [0.3, 0.4) is 0 Å². The van der Waals surface area contributed by atoms with Crippen molar-refractivity contribution in [2.24, 2.45) is 5.92 Å². The van der Waals surface area contributed by atoms with Crippen molar-refractivity contribution in [3.8, 4) is 0 Å². The fourth-order valence-electron chi connectivity index (χ4n) is 2.64. The molecule has 0 aromatic heterocycles. The van der Waals surface area contributed by atoms with Crippen LogP contribution in [-0.2, 0) is 6.54 Å². The van der Waals surface area contributed by atoms with Gasteiger partial charge in [-0.1, -0.05) is 43.7 Å². The van der Waals surface area contributed by atoms with Gasteiger partial charge in [0, 0.05) is 19.1 Å². The van der Waals surface area contributed by atoms with Gasteiger partial charge in [0.2, 0.25) is 0 Å². The highest BCUT2D eigenvalue weighted by Crippen LogP contribution is 2.19. The average molecular weight is 218 g/mol. The van der Waals surface area contributed by atoms with Crippen LogP contribution in [0, 0.1) is 5.92 Å². The molecule has 0 saturated carbocycles. The van der Waals surface area contributed by atoms with Crippen LogP contribution in [0.1, 0.15) is 18.9 Å². The topological polar surface area (TPSA) is 15.3 Å². The molecule has 16 heavy (non-hydrogen) atoms. The lowest BCUT2D eigenvalue weighted by molar-refractivity contribution is 0.201. The third kappa shape index (κ3) is 2.63. The first-order chi connectivity index (χ1) is 7.81. The first-order valence-corrected chi connectivity index (χ1v) is 6.26. The molecule has 88 valence electrons. The molecule has 0 bridgehead atoms. The second-order valence-corrected chi connectivity index (χ2v) is 4.79. The van der Waals surface area contributed by atoms with E-state index < -0.39 is 0 Å². The Labute approximate surface area is 98.7 Å². The van der Waals surface area contributed by atoms with Gasteiger partial charge in [-0.3, -0.25) is 4.90 Å². The molecule has 1 aromatic rings. The third-order valence-corrected chi connectivity index (χ3v) is 3.67. The predicted octanol–water partition coefficient (Wildman–Crippen LogP) is 2.12. The average Bonchev–Trinajstić information content (AvgIpc) is 2.78. The van der Waals surface area contributed by atoms with Gasteiger partial charge >= 0.3 is 0 Å². The summed E-state index contributed by atoms with van der Waals surface area (Å²) in [6, 6.07) is 11.4. The first kappa shape index (κ1) is 11.6. The van der Waals surface area contributed by atoms with Gasteiger partial charge in [-0.2, -0.15) is 0 Å². The predicted molar refractivity (Wildman–Crippen MR) is 68.3 cm³/mol. The fourth-order valence-corrected chi connectivity index (χ4v) is 2.64. The van der Waals surface area contributed by atoms with E-state index in [2.05, 4.69) is 54.5 Å². The summed E-state index contributed by atoms with van der Waals surface area (Å²) < 4.78 is 0. The number of hydrogen-bond donors (Lipinski definition) is 1. The molecule has 2 heteroatoms. The Hall–Kier alpha value is -0.860. The smallest absolute Gasteiger partial charge is 0.0261 e. The standard InChI is InChI=1S/C14H22N2/c1-3-13-9-15-10-14(13)16(2)11-12-7-5-4-6-8-12/h4-8,13-15H,3,9-11H2,1-2H3. The lowest BCUT2D eigenvalue weighted by Crippen LogP contribution is -2.37. The van der Waals surface area contributed by atoms with Crippen LogP contribution in [0.5, 0.6) is 0 Å². The number of hydrogen-bond acceptors (Lipinski definition) is 2. The van der Waals surface area contributed by atoms with Gasteiger partial charge < -0.3 is 5.32 Å². The quantitative estimate of drug-likeness (QED) is 0.832. The maximum Gasteiger partial charge on any atom is 0.0261 e. The molecule has 1 aliphatic heterocycles. The van der Waals surface area contributed by atoms with E-state index >= 15 is 0 Å². The van der Waals surface area contributed by atoms with Crippen LogP contribution in [0.25, 0.3) is 0 Å². The maximum absolute atomic E-state index is 3.50. The van der Waals surface area contributed by atoms with E-state index in [0.29, 0.717) is 6.04 Å². The van der Waals surface area contributed by atoms with Gasteiger partial charge in [-0.15, -0.1) is 0 Å². The zero-order valence-corrected chi connectivity index (χ0v) is 10.3. The number of likely N-dealkylation sites (N-methyl/N-ethyl adjacent to an activating group) is 1. The van der Waals surface area contributed by atoms with Crippen LogP contribution in [-0.4, -0.2) is 31.1 Å². The summed E-state index contributed by atoms with van der Waals surface area (Å²) in [7, 11) is 2.24. The minimum Gasteiger partial charge on any atom is -0.315 e. The summed E-state index contributed by atoms with van der Waals surface area (Å²) >= 11 is 0. The van der Waals surface area contributed by atoms with Crippen molar-refractivity contribution in [3.05, 3.63) is 35.9 Å². The highest BCUT2D eigenvalue weighted by Gasteiger charge is 2.28. The zero-order chi connectivity index (χ0) is 11.4. The molecule has 2 atom stereocenters. The minimum atomic E-state index is 0.699. The van der Waals surface area contributed by atoms with E-state index in [0.717, 1.165) is 19.0 Å². The summed E-state index contributed by atoms with van der Waals surface area (Å²) in [6.07, 6.45) is 1.27. The SMILES string of the molecule is CCC1CNCC1N(C)Cc1ccccc1. The molecule has 2 rings (SSSR count). The minimum absolute atomic E-state index is 0.699. The number of nitrogens with zero attached hydrogens (tertiary/aromatic N) is 1. The van der Waals surface area contributed by atoms with Gasteiger partial charge in [0.1, 0.15) is 0 Å². The molecule has 2 nitrogen and oxygen atoms in total. The molecular weight excluding hydrogens is 196 g/mol. The summed E-state index contributed by atoms with van der Waals surface area (Å²) in [5.74, 6) is 0.814. The molecule has 0 aliphatic carbocycles. The highest BCUT2D eigenvalue weighted by molar-refractivity contribution is 5.14. The number of nitrogens with one attached hydrogen (secondary N) is 1. The van der Waals surface area contributed by atoms with Crippen molar-refractivity contribution in [1.29, 1.82) is 0 Å². The van der Waals surface area contributed by atoms with E-state index in [1.165, 1.54) is 18.5 Å². The van der Waals surface area contributed by atoms with E-state index in [4.69, 9.17) is 0 Å². The van der Waals surface area contributed by atoms with Gasteiger partial charge in [0.25, 0.3) is 0 Å². The molecule has 1 saturated heterocycles. The highest BCUT2D eigenvalue weighted by atomic mass is 15.2. The van der Waals surface area contributed by atoms with Crippen molar-refractivity contribution < 1.29 is 0 Å². The van der Waals surface area contributed by atoms with Gasteiger partial charge in [0.05, 0.1) is 0 Å². The second kappa shape index (κ2) is 5.46. The van der Waals surface area contributed by atoms with Gasteiger partial charge in [0.15, 0.2) is 0 Å². The van der Waals surface area contributed by atoms with Crippen LogP contribution < -0.4 is 5.32 Å². The van der Waals surface area contributed by atoms with Crippen molar-refractivity contribution >= 4 is 0 Å². The summed E-state index contributed by atoms with van der Waals surface area (Å²) in [5.41, 5.74) is 1.41. The normalized spacial score (nSPS) is 25.2. The molecule has 2 unspecified atom stereocenters. The summed E-state index contributed by atoms with van der Waals surface area (Å²) in [6.45, 7) is 5.67. The maximum atomic E-state index is 3.50. The monoisotopic (exact) mass is 218 g/mol. The molecule has 1 N–H and O–H groups in total. The molecule has 1 aliphatic rings. The molecule has 1 aromatic carbocycles. The largest absolute Gasteiger partial charge is 0.315 e. The lowest BCUT2D eigenvalue weighted by atomic mass is 9.99. The Morgan fingerprint density at radius 2 is 2.00 bits per heavy atom. The molecular formula is C14H22N2. The van der Waals surface area contributed by atoms with Crippen LogP contribution >= 0.6 is 0 Å². The molecule has 0 spiro atoms. The summed E-state index contributed by atoms with van der Waals surface area (Å²) in [5, 5.41) is 3.50. The second-order valence-electron chi connectivity index (χ2n) is 4.79.